The molecule has 4 fully saturated rings. The average molecular weight is 345 g/mol. The summed E-state index contributed by atoms with van der Waals surface area (Å²) in [5.41, 5.74) is -0.834. The first-order valence-corrected chi connectivity index (χ1v) is 8.65. The van der Waals surface area contributed by atoms with Crippen molar-refractivity contribution in [2.75, 3.05) is 13.2 Å². The molecular weight excluding hydrogens is 326 g/mol. The molecule has 0 radical (unpaired) electrons. The molecule has 3 aliphatic heterocycles. The molecule has 1 aromatic rings. The number of nitrogens with zero attached hydrogens (tertiary/aromatic N) is 1. The summed E-state index contributed by atoms with van der Waals surface area (Å²) in [6, 6.07) is 8.59. The summed E-state index contributed by atoms with van der Waals surface area (Å²) in [5.74, 6) is -0.439. The van der Waals surface area contributed by atoms with Crippen molar-refractivity contribution >= 4 is 12.1 Å². The molecule has 0 aromatic heterocycles. The van der Waals surface area contributed by atoms with Crippen LogP contribution in [0.3, 0.4) is 0 Å². The minimum Gasteiger partial charge on any atom is -0.456 e. The van der Waals surface area contributed by atoms with Crippen molar-refractivity contribution in [3.8, 4) is 0 Å². The van der Waals surface area contributed by atoms with E-state index < -0.39 is 29.4 Å². The number of piperidine rings is 1. The van der Waals surface area contributed by atoms with Crippen molar-refractivity contribution in [2.45, 2.75) is 48.7 Å². The third-order valence-electron chi connectivity index (χ3n) is 6.17. The molecule has 1 aromatic carbocycles. The minimum atomic E-state index is -0.897. The van der Waals surface area contributed by atoms with Crippen LogP contribution in [-0.2, 0) is 14.2 Å². The number of aliphatic hydroxyl groups is 1. The topological polar surface area (TPSA) is 88.6 Å². The highest BCUT2D eigenvalue weighted by molar-refractivity contribution is 5.89. The number of fused-ring (bicyclic) bond motifs is 1. The molecule has 0 unspecified atom stereocenters. The van der Waals surface area contributed by atoms with E-state index in [0.29, 0.717) is 38.0 Å². The zero-order valence-corrected chi connectivity index (χ0v) is 13.6. The van der Waals surface area contributed by atoms with Crippen LogP contribution in [0.15, 0.2) is 30.3 Å². The van der Waals surface area contributed by atoms with Gasteiger partial charge in [-0.3, -0.25) is 4.90 Å². The number of hydrogen-bond acceptors (Lipinski definition) is 6. The van der Waals surface area contributed by atoms with Gasteiger partial charge in [-0.05, 0) is 31.4 Å². The van der Waals surface area contributed by atoms with E-state index in [-0.39, 0.29) is 12.1 Å². The van der Waals surface area contributed by atoms with Crippen LogP contribution < -0.4 is 0 Å². The lowest BCUT2D eigenvalue weighted by molar-refractivity contribution is -0.0692. The number of aliphatic hydroxyl groups excluding tert-OH is 1. The molecule has 3 heterocycles. The number of esters is 1. The second kappa shape index (κ2) is 4.95. The van der Waals surface area contributed by atoms with Crippen molar-refractivity contribution in [3.05, 3.63) is 35.9 Å². The van der Waals surface area contributed by atoms with Gasteiger partial charge >= 0.3 is 12.1 Å². The number of carbonyl (C=O) groups is 2. The lowest BCUT2D eigenvalue weighted by Gasteiger charge is -2.42. The molecule has 1 amide bonds. The Bertz CT molecular complexity index is 738. The zero-order valence-electron chi connectivity index (χ0n) is 13.6. The second-order valence-electron chi connectivity index (χ2n) is 7.21. The monoisotopic (exact) mass is 345 g/mol. The Morgan fingerprint density at radius 2 is 2.04 bits per heavy atom. The summed E-state index contributed by atoms with van der Waals surface area (Å²) < 4.78 is 16.8. The summed E-state index contributed by atoms with van der Waals surface area (Å²) >= 11 is 0. The van der Waals surface area contributed by atoms with Crippen molar-refractivity contribution in [2.24, 2.45) is 0 Å². The lowest BCUT2D eigenvalue weighted by Crippen LogP contribution is -2.62. The molecule has 25 heavy (non-hydrogen) atoms. The first kappa shape index (κ1) is 15.2. The molecule has 1 aliphatic carbocycles. The maximum atomic E-state index is 12.3. The molecule has 7 nitrogen and oxygen atoms in total. The van der Waals surface area contributed by atoms with Gasteiger partial charge in [0.25, 0.3) is 0 Å². The van der Waals surface area contributed by atoms with Crippen molar-refractivity contribution < 1.29 is 28.9 Å². The predicted molar refractivity (Wildman–Crippen MR) is 83.9 cm³/mol. The van der Waals surface area contributed by atoms with E-state index >= 15 is 0 Å². The fourth-order valence-corrected chi connectivity index (χ4v) is 4.89. The van der Waals surface area contributed by atoms with E-state index in [1.807, 2.05) is 6.07 Å². The van der Waals surface area contributed by atoms with Gasteiger partial charge in [-0.25, -0.2) is 9.59 Å². The van der Waals surface area contributed by atoms with Gasteiger partial charge in [0.05, 0.1) is 5.56 Å². The number of ether oxygens (including phenoxy) is 3. The van der Waals surface area contributed by atoms with Crippen LogP contribution in [0.2, 0.25) is 0 Å². The highest BCUT2D eigenvalue weighted by Gasteiger charge is 2.82. The Morgan fingerprint density at radius 3 is 2.84 bits per heavy atom. The Labute approximate surface area is 144 Å². The minimum absolute atomic E-state index is 0.158. The molecule has 7 heteroatoms. The number of hydrogen-bond donors (Lipinski definition) is 1. The van der Waals surface area contributed by atoms with Crippen LogP contribution in [0.1, 0.15) is 29.6 Å². The van der Waals surface area contributed by atoms with Crippen molar-refractivity contribution in [1.82, 2.24) is 4.90 Å². The average Bonchev–Trinajstić information content (AvgIpc) is 3.21. The third-order valence-corrected chi connectivity index (χ3v) is 6.17. The molecule has 132 valence electrons. The van der Waals surface area contributed by atoms with Crippen LogP contribution >= 0.6 is 0 Å². The number of amides is 1. The van der Waals surface area contributed by atoms with Crippen LogP contribution in [0.5, 0.6) is 0 Å². The fraction of sp³-hybridized carbons (Fsp3) is 0.556. The van der Waals surface area contributed by atoms with Crippen LogP contribution in [0.25, 0.3) is 0 Å². The molecule has 0 spiro atoms. The second-order valence-corrected chi connectivity index (χ2v) is 7.21. The first-order valence-electron chi connectivity index (χ1n) is 8.65. The molecule has 0 bridgehead atoms. The van der Waals surface area contributed by atoms with Gasteiger partial charge in [0.2, 0.25) is 0 Å². The van der Waals surface area contributed by atoms with Gasteiger partial charge < -0.3 is 19.3 Å². The van der Waals surface area contributed by atoms with Gasteiger partial charge in [0.1, 0.15) is 36.1 Å². The normalized spacial score (nSPS) is 41.2. The zero-order chi connectivity index (χ0) is 17.2. The predicted octanol–water partition coefficient (Wildman–Crippen LogP) is 1.10. The van der Waals surface area contributed by atoms with Gasteiger partial charge in [0, 0.05) is 6.54 Å². The largest absolute Gasteiger partial charge is 0.456 e. The number of epoxide rings is 1. The van der Waals surface area contributed by atoms with Crippen LogP contribution in [-0.4, -0.2) is 64.7 Å². The van der Waals surface area contributed by atoms with Gasteiger partial charge in [0.15, 0.2) is 0 Å². The van der Waals surface area contributed by atoms with Crippen LogP contribution in [0, 0.1) is 0 Å². The number of benzene rings is 1. The fourth-order valence-electron chi connectivity index (χ4n) is 4.89. The number of carbonyl (C=O) groups excluding carboxylic acids is 2. The van der Waals surface area contributed by atoms with Gasteiger partial charge in [-0.2, -0.15) is 0 Å². The SMILES string of the molecule is O=C(O[C@H]1CC[C@@]23O[C@@]2(CCN2C(=O)OC[C@@H]23)[C@H]1O)c1ccccc1. The maximum absolute atomic E-state index is 12.3. The quantitative estimate of drug-likeness (QED) is 0.638. The molecule has 1 N–H and O–H groups in total. The number of rotatable bonds is 2. The molecule has 5 atom stereocenters. The van der Waals surface area contributed by atoms with Crippen molar-refractivity contribution in [1.29, 1.82) is 0 Å². The molecule has 3 saturated heterocycles. The molecule has 4 aliphatic rings. The Hall–Kier alpha value is -2.12. The van der Waals surface area contributed by atoms with E-state index in [2.05, 4.69) is 0 Å². The van der Waals surface area contributed by atoms with E-state index in [4.69, 9.17) is 14.2 Å². The lowest BCUT2D eigenvalue weighted by atomic mass is 9.69. The highest BCUT2D eigenvalue weighted by Crippen LogP contribution is 2.65. The Balaban J connectivity index is 1.35. The first-order chi connectivity index (χ1) is 12.1. The summed E-state index contributed by atoms with van der Waals surface area (Å²) in [5, 5.41) is 10.9. The molecular formula is C18H19NO6. The van der Waals surface area contributed by atoms with E-state index in [1.54, 1.807) is 29.2 Å². The summed E-state index contributed by atoms with van der Waals surface area (Å²) in [6.45, 7) is 0.781. The summed E-state index contributed by atoms with van der Waals surface area (Å²) in [4.78, 5) is 25.8. The highest BCUT2D eigenvalue weighted by atomic mass is 16.7. The maximum Gasteiger partial charge on any atom is 0.410 e. The summed E-state index contributed by atoms with van der Waals surface area (Å²) in [6.07, 6.45) is -0.149. The summed E-state index contributed by atoms with van der Waals surface area (Å²) in [7, 11) is 0. The molecule has 1 saturated carbocycles. The Kier molecular flexibility index (Phi) is 3.00. The van der Waals surface area contributed by atoms with Gasteiger partial charge in [-0.15, -0.1) is 0 Å². The Morgan fingerprint density at radius 1 is 1.24 bits per heavy atom. The standard InChI is InChI=1S/C18H19NO6/c20-14-12(24-15(21)11-4-2-1-3-5-11)6-7-17-13-10-23-16(22)19(13)9-8-18(14,17)25-17/h1-5,12-14,20H,6-10H2/t12-,13+,14-,17-,18-/m0/s1. The number of cyclic esters (lactones) is 1. The van der Waals surface area contributed by atoms with E-state index in [1.165, 1.54) is 0 Å². The van der Waals surface area contributed by atoms with E-state index in [0.717, 1.165) is 0 Å². The molecule has 5 rings (SSSR count). The van der Waals surface area contributed by atoms with Crippen molar-refractivity contribution in [3.63, 3.8) is 0 Å². The van der Waals surface area contributed by atoms with Gasteiger partial charge in [-0.1, -0.05) is 18.2 Å². The third kappa shape index (κ3) is 1.88. The smallest absolute Gasteiger partial charge is 0.410 e. The van der Waals surface area contributed by atoms with Crippen LogP contribution in [0.4, 0.5) is 4.79 Å². The van der Waals surface area contributed by atoms with E-state index in [9.17, 15) is 14.7 Å².